The van der Waals surface area contributed by atoms with Crippen LogP contribution in [0.3, 0.4) is 0 Å². The van der Waals surface area contributed by atoms with Gasteiger partial charge in [-0.05, 0) is 218 Å². The van der Waals surface area contributed by atoms with E-state index in [0.717, 1.165) is 213 Å². The van der Waals surface area contributed by atoms with Crippen LogP contribution < -0.4 is 25.5 Å². The number of rotatable bonds is 6. The highest BCUT2D eigenvalue weighted by molar-refractivity contribution is 9.10. The second kappa shape index (κ2) is 33.6. The van der Waals surface area contributed by atoms with Gasteiger partial charge in [-0.15, -0.1) is 52.5 Å². The smallest absolute Gasteiger partial charge is 0.399 e. The van der Waals surface area contributed by atoms with Crippen LogP contribution >= 0.6 is 80.7 Å². The molecule has 26 nitrogen and oxygen atoms in total. The Kier molecular flexibility index (Phi) is 25.0. The van der Waals surface area contributed by atoms with Crippen molar-refractivity contribution >= 4 is 166 Å². The number of anilines is 3. The fourth-order valence-electron chi connectivity index (χ4n) is 13.4. The number of hydrogen-bond donors (Lipinski definition) is 2. The maximum absolute atomic E-state index is 6.10. The second-order valence-corrected chi connectivity index (χ2v) is 29.7. The maximum atomic E-state index is 6.10. The first-order valence-electron chi connectivity index (χ1n) is 35.0. The molecule has 4 saturated heterocycles. The Balaban J connectivity index is 0.000000135. The van der Waals surface area contributed by atoms with Crippen LogP contribution in [0.25, 0.3) is 77.8 Å². The molecule has 0 bridgehead atoms. The number of fused-ring (bicyclic) bond motifs is 7. The van der Waals surface area contributed by atoms with Crippen LogP contribution in [0.2, 0.25) is 5.15 Å². The van der Waals surface area contributed by atoms with Gasteiger partial charge in [0.05, 0.1) is 75.3 Å². The number of aryl methyl sites for hydroxylation is 5. The minimum Gasteiger partial charge on any atom is -0.399 e. The summed E-state index contributed by atoms with van der Waals surface area (Å²) in [5, 5.41) is 42.2. The molecular weight excluding hydrogens is 1560 g/mol. The zero-order valence-electron chi connectivity index (χ0n) is 61.3. The number of hydrogen-bond acceptors (Lipinski definition) is 19. The van der Waals surface area contributed by atoms with Gasteiger partial charge in [0.2, 0.25) is 0 Å². The number of H-pyrrole nitrogens is 1. The second-order valence-electron chi connectivity index (χ2n) is 27.7. The van der Waals surface area contributed by atoms with Crippen LogP contribution in [0.5, 0.6) is 0 Å². The van der Waals surface area contributed by atoms with E-state index in [0.29, 0.717) is 5.15 Å². The molecule has 33 heteroatoms. The lowest BCUT2D eigenvalue weighted by molar-refractivity contribution is 0.00578. The van der Waals surface area contributed by atoms with E-state index in [-0.39, 0.29) is 55.5 Å². The first-order valence-corrected chi connectivity index (χ1v) is 36.9. The Bertz CT molecular complexity index is 5340. The van der Waals surface area contributed by atoms with E-state index in [4.69, 9.17) is 31.1 Å². The quantitative estimate of drug-likeness (QED) is 0.147. The third-order valence-electron chi connectivity index (χ3n) is 20.0. The van der Waals surface area contributed by atoms with E-state index >= 15 is 0 Å². The topological polar surface area (TPSA) is 232 Å². The molecule has 0 saturated carbocycles. The third kappa shape index (κ3) is 16.9. The van der Waals surface area contributed by atoms with Crippen molar-refractivity contribution in [2.24, 2.45) is 14.1 Å². The van der Waals surface area contributed by atoms with Gasteiger partial charge < -0.3 is 39.1 Å². The number of imidazole rings is 4. The van der Waals surface area contributed by atoms with Gasteiger partial charge in [0.25, 0.3) is 0 Å². The summed E-state index contributed by atoms with van der Waals surface area (Å²) in [6, 6.07) is 34.8. The van der Waals surface area contributed by atoms with E-state index in [2.05, 4.69) is 227 Å². The standard InChI is InChI=1S/C21H25N7.C19H21N7.C15H21BN2O2.C12H16BrN5.C6H3BrClN3.3ClH/c1-15-17-13-16(5-6-18(17)26(3)23-15)19-14-22-20-7-8-21(24-28(19)20)27-10-4-9-25(2)11-12-27;1-13-15-11-14(3-4-16(15)23-22-13)17-12-21-18-5-6-19(24-26(17)18)25-9-2-7-20-8-10-25;1-10-12-9-11(7-8-13(12)18(6)17-10)16-19-14(2,3)15(4,5)20-16;1-16-5-2-6-17(8-7-16)12-4-3-11-14-9-10(13)18(11)15-12;7-4-3-9-6-2-1-5(8)10-11(4)6;;;/h5-8,13-14H,4,9-12H2,1-3H3;3-6,11-12,20H,2,7-10H2,1H3,(H,22,23);7-9H,1-6H3;3-4,9H,2,5-8H2,1H3;1-3H;3*1H. The predicted molar refractivity (Wildman–Crippen MR) is 438 cm³/mol. The Labute approximate surface area is 656 Å². The summed E-state index contributed by atoms with van der Waals surface area (Å²) in [7, 11) is 7.99. The molecule has 3 aromatic carbocycles. The van der Waals surface area contributed by atoms with Crippen molar-refractivity contribution in [3.05, 3.63) is 159 Å². The molecule has 106 heavy (non-hydrogen) atoms. The van der Waals surface area contributed by atoms with Crippen LogP contribution in [0.15, 0.2) is 137 Å². The lowest BCUT2D eigenvalue weighted by atomic mass is 9.78. The number of likely N-dealkylation sites (N-methyl/N-ethyl adjacent to an activating group) is 2. The normalized spacial score (nSPS) is 16.2. The molecule has 11 aromatic heterocycles. The van der Waals surface area contributed by atoms with Gasteiger partial charge in [-0.1, -0.05) is 35.9 Å². The number of nitrogens with zero attached hydrogens (tertiary/aromatic N) is 22. The highest BCUT2D eigenvalue weighted by atomic mass is 79.9. The average molecular weight is 1650 g/mol. The molecule has 4 fully saturated rings. The van der Waals surface area contributed by atoms with Crippen molar-refractivity contribution in [2.75, 3.05) is 107 Å². The van der Waals surface area contributed by atoms with Crippen molar-refractivity contribution in [2.45, 2.75) is 78.9 Å². The molecule has 0 aliphatic carbocycles. The minimum absolute atomic E-state index is 0. The van der Waals surface area contributed by atoms with Crippen molar-refractivity contribution in [1.82, 2.24) is 103 Å². The van der Waals surface area contributed by atoms with Crippen LogP contribution in [-0.4, -0.2) is 209 Å². The fraction of sp³-hybridized carbons (Fsp3) is 0.384. The fourth-order valence-corrected chi connectivity index (χ4v) is 14.3. The molecule has 558 valence electrons. The molecular formula is C73H89BBr2Cl4N24O2. The number of nitrogens with one attached hydrogen (secondary N) is 2. The summed E-state index contributed by atoms with van der Waals surface area (Å²) in [6.07, 6.45) is 10.7. The van der Waals surface area contributed by atoms with Gasteiger partial charge in [0.1, 0.15) is 31.8 Å². The largest absolute Gasteiger partial charge is 0.494 e. The first kappa shape index (κ1) is 79.0. The highest BCUT2D eigenvalue weighted by Crippen LogP contribution is 2.37. The van der Waals surface area contributed by atoms with Crippen molar-refractivity contribution in [1.29, 1.82) is 0 Å². The number of halogens is 6. The highest BCUT2D eigenvalue weighted by Gasteiger charge is 2.51. The average Bonchev–Trinajstić information content (AvgIpc) is 1.62. The number of benzene rings is 3. The van der Waals surface area contributed by atoms with Gasteiger partial charge in [-0.2, -0.15) is 20.4 Å². The Morgan fingerprint density at radius 1 is 0.453 bits per heavy atom. The lowest BCUT2D eigenvalue weighted by Gasteiger charge is -2.32. The maximum Gasteiger partial charge on any atom is 0.494 e. The molecule has 0 atom stereocenters. The predicted octanol–water partition coefficient (Wildman–Crippen LogP) is 12.3. The Hall–Kier alpha value is -8.07. The monoisotopic (exact) mass is 1640 g/mol. The van der Waals surface area contributed by atoms with Crippen LogP contribution in [0.4, 0.5) is 17.5 Å². The molecule has 14 aromatic rings. The summed E-state index contributed by atoms with van der Waals surface area (Å²) < 4.78 is 25.1. The molecule has 0 unspecified atom stereocenters. The van der Waals surface area contributed by atoms with Gasteiger partial charge >= 0.3 is 7.12 Å². The van der Waals surface area contributed by atoms with Gasteiger partial charge in [0, 0.05) is 106 Å². The van der Waals surface area contributed by atoms with Crippen LogP contribution in [-0.2, 0) is 23.4 Å². The summed E-state index contributed by atoms with van der Waals surface area (Å²) in [5.41, 5.74) is 14.4. The molecule has 15 heterocycles. The van der Waals surface area contributed by atoms with Gasteiger partial charge in [-0.3, -0.25) is 14.5 Å². The van der Waals surface area contributed by atoms with Crippen molar-refractivity contribution in [3.8, 4) is 22.5 Å². The molecule has 4 aliphatic heterocycles. The summed E-state index contributed by atoms with van der Waals surface area (Å²) in [6.45, 7) is 27.0. The van der Waals surface area contributed by atoms with Gasteiger partial charge in [0.15, 0.2) is 22.6 Å². The van der Waals surface area contributed by atoms with E-state index in [1.54, 1.807) is 29.0 Å². The zero-order valence-corrected chi connectivity index (χ0v) is 67.7. The van der Waals surface area contributed by atoms with E-state index < -0.39 is 0 Å². The van der Waals surface area contributed by atoms with Crippen molar-refractivity contribution in [3.63, 3.8) is 0 Å². The number of aromatic amines is 1. The lowest BCUT2D eigenvalue weighted by Crippen LogP contribution is -2.41. The minimum atomic E-state index is -0.316. The number of aromatic nitrogens is 18. The molecule has 4 aliphatic rings. The summed E-state index contributed by atoms with van der Waals surface area (Å²) in [4.78, 5) is 29.2. The van der Waals surface area contributed by atoms with Crippen LogP contribution in [0.1, 0.15) is 64.0 Å². The molecule has 0 radical (unpaired) electrons. The third-order valence-corrected chi connectivity index (χ3v) is 21.3. The molecule has 0 spiro atoms. The summed E-state index contributed by atoms with van der Waals surface area (Å²) in [5.74, 6) is 3.04. The molecule has 0 amide bonds. The van der Waals surface area contributed by atoms with Crippen molar-refractivity contribution < 1.29 is 9.31 Å². The van der Waals surface area contributed by atoms with E-state index in [1.807, 2.05) is 88.4 Å². The zero-order chi connectivity index (χ0) is 71.8. The Morgan fingerprint density at radius 3 is 1.46 bits per heavy atom. The van der Waals surface area contributed by atoms with E-state index in [1.165, 1.54) is 11.8 Å². The molecule has 2 N–H and O–H groups in total. The first-order chi connectivity index (χ1) is 49.6. The molecule has 18 rings (SSSR count). The SMILES string of the molecule is CN1CCCN(c2ccc3ncc(Br)n3n2)CC1.Cc1[nH]nc2ccc(-c3cnc4ccc(N5CCCNCC5)nn34)cc12.Cc1nn(C)c2ccc(-c3cnc4ccc(N5CCCN(C)CC5)nn34)cc12.Cc1nn(C)c2ccc(B3OC(C)(C)C(C)(C)O3)cc12.Cl.Cl.Cl.Clc1ccc2ncc(Br)n2n1. The van der Waals surface area contributed by atoms with Crippen LogP contribution in [0, 0.1) is 20.8 Å². The van der Waals surface area contributed by atoms with Gasteiger partial charge in [-0.25, -0.2) is 38.0 Å². The Morgan fingerprint density at radius 2 is 0.906 bits per heavy atom. The summed E-state index contributed by atoms with van der Waals surface area (Å²) >= 11 is 12.4. The van der Waals surface area contributed by atoms with E-state index in [9.17, 15) is 0 Å².